The third-order valence-electron chi connectivity index (χ3n) is 4.79. The number of benzene rings is 3. The van der Waals surface area contributed by atoms with Gasteiger partial charge in [-0.05, 0) is 42.0 Å². The Bertz CT molecular complexity index is 1260. The second-order valence-electron chi connectivity index (χ2n) is 6.77. The van der Waals surface area contributed by atoms with E-state index in [2.05, 4.69) is 33.0 Å². The molecule has 5 nitrogen and oxygen atoms in total. The van der Waals surface area contributed by atoms with Crippen molar-refractivity contribution in [3.05, 3.63) is 101 Å². The molecule has 3 aromatic carbocycles. The minimum Gasteiger partial charge on any atom is -0.419 e. The van der Waals surface area contributed by atoms with Crippen molar-refractivity contribution in [3.8, 4) is 11.5 Å². The number of para-hydroxylation sites is 2. The summed E-state index contributed by atoms with van der Waals surface area (Å²) in [6.45, 7) is 0.462. The Kier molecular flexibility index (Phi) is 4.58. The molecular weight excluding hydrogens is 384 g/mol. The van der Waals surface area contributed by atoms with Crippen LogP contribution in [0.25, 0.3) is 22.5 Å². The van der Waals surface area contributed by atoms with E-state index in [-0.39, 0.29) is 0 Å². The summed E-state index contributed by atoms with van der Waals surface area (Å²) in [6, 6.07) is 25.8. The van der Waals surface area contributed by atoms with E-state index in [0.717, 1.165) is 28.8 Å². The van der Waals surface area contributed by atoms with Crippen LogP contribution in [0, 0.1) is 0 Å². The van der Waals surface area contributed by atoms with Crippen LogP contribution in [0.3, 0.4) is 0 Å². The van der Waals surface area contributed by atoms with E-state index in [1.807, 2.05) is 60.7 Å². The van der Waals surface area contributed by atoms with Crippen LogP contribution < -0.4 is 0 Å². The minimum atomic E-state index is 0.462. The predicted molar refractivity (Wildman–Crippen MR) is 113 cm³/mol. The lowest BCUT2D eigenvalue weighted by molar-refractivity contribution is 0.487. The zero-order chi connectivity index (χ0) is 19.6. The topological polar surface area (TPSA) is 56.7 Å². The normalized spacial score (nSPS) is 11.2. The summed E-state index contributed by atoms with van der Waals surface area (Å²) in [4.78, 5) is 4.84. The molecule has 0 spiro atoms. The highest BCUT2D eigenvalue weighted by atomic mass is 35.5. The van der Waals surface area contributed by atoms with Crippen LogP contribution in [0.5, 0.6) is 0 Å². The molecule has 0 radical (unpaired) electrons. The van der Waals surface area contributed by atoms with Crippen molar-refractivity contribution in [2.24, 2.45) is 0 Å². The molecular formula is C23H17ClN4O. The van der Waals surface area contributed by atoms with Crippen LogP contribution in [0.15, 0.2) is 83.3 Å². The van der Waals surface area contributed by atoms with Crippen molar-refractivity contribution < 1.29 is 4.42 Å². The number of nitrogens with zero attached hydrogens (tertiary/aromatic N) is 4. The molecule has 0 amide bonds. The van der Waals surface area contributed by atoms with E-state index in [9.17, 15) is 0 Å². The Labute approximate surface area is 172 Å². The molecule has 29 heavy (non-hydrogen) atoms. The number of imidazole rings is 1. The third kappa shape index (κ3) is 3.65. The van der Waals surface area contributed by atoms with Gasteiger partial charge in [-0.2, -0.15) is 0 Å². The van der Waals surface area contributed by atoms with Crippen LogP contribution in [-0.2, 0) is 13.0 Å². The van der Waals surface area contributed by atoms with Crippen LogP contribution in [0.1, 0.15) is 17.3 Å². The maximum absolute atomic E-state index is 5.96. The summed E-state index contributed by atoms with van der Waals surface area (Å²) in [5.74, 6) is 1.97. The van der Waals surface area contributed by atoms with Crippen LogP contribution in [-0.4, -0.2) is 19.7 Å². The number of hydrogen-bond donors (Lipinski definition) is 0. The zero-order valence-corrected chi connectivity index (χ0v) is 16.3. The lowest BCUT2D eigenvalue weighted by Crippen LogP contribution is -2.06. The highest BCUT2D eigenvalue weighted by Crippen LogP contribution is 2.23. The van der Waals surface area contributed by atoms with Gasteiger partial charge in [0, 0.05) is 17.0 Å². The minimum absolute atomic E-state index is 0.462. The van der Waals surface area contributed by atoms with Gasteiger partial charge in [0.2, 0.25) is 11.8 Å². The molecule has 0 atom stereocenters. The molecule has 5 rings (SSSR count). The van der Waals surface area contributed by atoms with Gasteiger partial charge in [-0.15, -0.1) is 10.2 Å². The summed E-state index contributed by atoms with van der Waals surface area (Å²) < 4.78 is 8.06. The quantitative estimate of drug-likeness (QED) is 0.397. The number of hydrogen-bond acceptors (Lipinski definition) is 4. The van der Waals surface area contributed by atoms with Gasteiger partial charge in [0.15, 0.2) is 0 Å². The lowest BCUT2D eigenvalue weighted by atomic mass is 10.1. The van der Waals surface area contributed by atoms with Gasteiger partial charge in [0.05, 0.1) is 11.0 Å². The van der Waals surface area contributed by atoms with Gasteiger partial charge in [-0.1, -0.05) is 54.1 Å². The van der Waals surface area contributed by atoms with Crippen LogP contribution >= 0.6 is 11.6 Å². The average Bonchev–Trinajstić information content (AvgIpc) is 3.35. The highest BCUT2D eigenvalue weighted by Gasteiger charge is 2.15. The van der Waals surface area contributed by atoms with Crippen molar-refractivity contribution in [1.29, 1.82) is 0 Å². The second kappa shape index (κ2) is 7.53. The smallest absolute Gasteiger partial charge is 0.247 e. The summed E-state index contributed by atoms with van der Waals surface area (Å²) in [5.41, 5.74) is 4.05. The summed E-state index contributed by atoms with van der Waals surface area (Å²) >= 11 is 5.96. The van der Waals surface area contributed by atoms with E-state index in [1.165, 1.54) is 5.56 Å². The van der Waals surface area contributed by atoms with Crippen molar-refractivity contribution in [3.63, 3.8) is 0 Å². The highest BCUT2D eigenvalue weighted by molar-refractivity contribution is 6.30. The van der Waals surface area contributed by atoms with Gasteiger partial charge < -0.3 is 8.98 Å². The summed E-state index contributed by atoms with van der Waals surface area (Å²) in [5, 5.41) is 9.11. The maximum Gasteiger partial charge on any atom is 0.247 e. The second-order valence-corrected chi connectivity index (χ2v) is 7.21. The molecule has 0 saturated carbocycles. The first-order valence-corrected chi connectivity index (χ1v) is 9.70. The SMILES string of the molecule is Clc1ccc(-c2nnc(Cn3c(Cc4ccccc4)nc4ccccc43)o2)cc1. The summed E-state index contributed by atoms with van der Waals surface area (Å²) in [6.07, 6.45) is 0.730. The molecule has 0 fully saturated rings. The fourth-order valence-corrected chi connectivity index (χ4v) is 3.50. The molecule has 0 aliphatic carbocycles. The monoisotopic (exact) mass is 400 g/mol. The fourth-order valence-electron chi connectivity index (χ4n) is 3.38. The predicted octanol–water partition coefficient (Wildman–Crippen LogP) is 5.38. The first-order valence-electron chi connectivity index (χ1n) is 9.33. The average molecular weight is 401 g/mol. The molecule has 2 heterocycles. The summed E-state index contributed by atoms with van der Waals surface area (Å²) in [7, 11) is 0. The lowest BCUT2D eigenvalue weighted by Gasteiger charge is -2.07. The van der Waals surface area contributed by atoms with E-state index in [0.29, 0.717) is 23.3 Å². The number of fused-ring (bicyclic) bond motifs is 1. The molecule has 0 aliphatic heterocycles. The number of aromatic nitrogens is 4. The van der Waals surface area contributed by atoms with Crippen LogP contribution in [0.2, 0.25) is 5.02 Å². The Balaban J connectivity index is 1.50. The van der Waals surface area contributed by atoms with Gasteiger partial charge >= 0.3 is 0 Å². The first-order chi connectivity index (χ1) is 14.3. The molecule has 0 saturated heterocycles. The van der Waals surface area contributed by atoms with Crippen LogP contribution in [0.4, 0.5) is 0 Å². The maximum atomic E-state index is 5.96. The van der Waals surface area contributed by atoms with E-state index < -0.39 is 0 Å². The van der Waals surface area contributed by atoms with E-state index >= 15 is 0 Å². The number of halogens is 1. The van der Waals surface area contributed by atoms with Gasteiger partial charge in [-0.3, -0.25) is 0 Å². The fraction of sp³-hybridized carbons (Fsp3) is 0.0870. The first kappa shape index (κ1) is 17.6. The Morgan fingerprint density at radius 3 is 2.41 bits per heavy atom. The van der Waals surface area contributed by atoms with E-state index in [1.54, 1.807) is 0 Å². The molecule has 0 aliphatic rings. The Morgan fingerprint density at radius 2 is 1.59 bits per heavy atom. The van der Waals surface area contributed by atoms with Crippen molar-refractivity contribution in [2.75, 3.05) is 0 Å². The molecule has 6 heteroatoms. The molecule has 2 aromatic heterocycles. The zero-order valence-electron chi connectivity index (χ0n) is 15.5. The molecule has 0 N–H and O–H groups in total. The van der Waals surface area contributed by atoms with Crippen molar-refractivity contribution in [2.45, 2.75) is 13.0 Å². The molecule has 0 bridgehead atoms. The molecule has 142 valence electrons. The Hall–Kier alpha value is -3.44. The third-order valence-corrected chi connectivity index (χ3v) is 5.04. The van der Waals surface area contributed by atoms with E-state index in [4.69, 9.17) is 21.0 Å². The molecule has 0 unspecified atom stereocenters. The molecule has 5 aromatic rings. The largest absolute Gasteiger partial charge is 0.419 e. The number of rotatable bonds is 5. The van der Waals surface area contributed by atoms with Gasteiger partial charge in [0.25, 0.3) is 0 Å². The van der Waals surface area contributed by atoms with Crippen molar-refractivity contribution in [1.82, 2.24) is 19.7 Å². The standard InChI is InChI=1S/C23H17ClN4O/c24-18-12-10-17(11-13-18)23-27-26-22(29-23)15-28-20-9-5-4-8-19(20)25-21(28)14-16-6-2-1-3-7-16/h1-13H,14-15H2. The Morgan fingerprint density at radius 1 is 0.828 bits per heavy atom. The van der Waals surface area contributed by atoms with Crippen molar-refractivity contribution >= 4 is 22.6 Å². The van der Waals surface area contributed by atoms with Gasteiger partial charge in [-0.25, -0.2) is 4.98 Å². The van der Waals surface area contributed by atoms with Gasteiger partial charge in [0.1, 0.15) is 12.4 Å².